The van der Waals surface area contributed by atoms with Crippen LogP contribution in [0, 0.1) is 11.6 Å². The maximum Gasteiger partial charge on any atom is 0.197 e. The predicted octanol–water partition coefficient (Wildman–Crippen LogP) is 4.61. The fraction of sp³-hybridized carbons (Fsp3) is 0. The van der Waals surface area contributed by atoms with E-state index in [0.29, 0.717) is 4.47 Å². The lowest BCUT2D eigenvalue weighted by Crippen LogP contribution is -2.05. The third kappa shape index (κ3) is 2.60. The van der Waals surface area contributed by atoms with Gasteiger partial charge in [-0.15, -0.1) is 0 Å². The van der Waals surface area contributed by atoms with Gasteiger partial charge in [0.1, 0.15) is 11.6 Å². The summed E-state index contributed by atoms with van der Waals surface area (Å²) in [5.41, 5.74) is -0.0816. The smallest absolute Gasteiger partial charge is 0.197 e. The fourth-order valence-electron chi connectivity index (χ4n) is 1.49. The van der Waals surface area contributed by atoms with Gasteiger partial charge in [0, 0.05) is 15.1 Å². The Balaban J connectivity index is 2.51. The van der Waals surface area contributed by atoms with Crippen LogP contribution in [0.5, 0.6) is 0 Å². The largest absolute Gasteiger partial charge is 0.288 e. The number of carbonyl (C=O) groups excluding carboxylic acids is 1. The van der Waals surface area contributed by atoms with Crippen LogP contribution < -0.4 is 0 Å². The first kappa shape index (κ1) is 13.2. The maximum absolute atomic E-state index is 13.6. The highest BCUT2D eigenvalue weighted by Gasteiger charge is 2.17. The van der Waals surface area contributed by atoms with Crippen LogP contribution >= 0.6 is 27.5 Å². The molecule has 0 N–H and O–H groups in total. The number of ketones is 1. The van der Waals surface area contributed by atoms with E-state index >= 15 is 0 Å². The molecule has 1 nitrogen and oxygen atoms in total. The minimum absolute atomic E-state index is 0.0659. The SMILES string of the molecule is O=C(c1ccc(Cl)cc1F)c1cc(F)ccc1Br. The molecule has 5 heteroatoms. The highest BCUT2D eigenvalue weighted by atomic mass is 79.9. The van der Waals surface area contributed by atoms with Crippen molar-refractivity contribution >= 4 is 33.3 Å². The molecule has 0 fully saturated rings. The number of hydrogen-bond donors (Lipinski definition) is 0. The quantitative estimate of drug-likeness (QED) is 0.734. The third-order valence-electron chi connectivity index (χ3n) is 2.35. The third-order valence-corrected chi connectivity index (χ3v) is 3.28. The summed E-state index contributed by atoms with van der Waals surface area (Å²) in [6.45, 7) is 0. The van der Waals surface area contributed by atoms with E-state index in [1.807, 2.05) is 0 Å². The topological polar surface area (TPSA) is 17.1 Å². The molecule has 0 amide bonds. The van der Waals surface area contributed by atoms with Crippen LogP contribution in [0.2, 0.25) is 5.02 Å². The summed E-state index contributed by atoms with van der Waals surface area (Å²) < 4.78 is 27.1. The standard InChI is InChI=1S/C13H6BrClF2O/c14-11-4-2-8(16)6-10(11)13(18)9-3-1-7(15)5-12(9)17/h1-6H. The molecule has 0 atom stereocenters. The molecule has 18 heavy (non-hydrogen) atoms. The molecule has 0 saturated carbocycles. The van der Waals surface area contributed by atoms with E-state index in [2.05, 4.69) is 15.9 Å². The summed E-state index contributed by atoms with van der Waals surface area (Å²) in [5, 5.41) is 0.197. The van der Waals surface area contributed by atoms with Gasteiger partial charge >= 0.3 is 0 Å². The van der Waals surface area contributed by atoms with E-state index in [1.54, 1.807) is 0 Å². The summed E-state index contributed by atoms with van der Waals surface area (Å²) in [7, 11) is 0. The Morgan fingerprint density at radius 2 is 1.78 bits per heavy atom. The normalized spacial score (nSPS) is 10.4. The Morgan fingerprint density at radius 1 is 1.06 bits per heavy atom. The van der Waals surface area contributed by atoms with E-state index in [-0.39, 0.29) is 16.1 Å². The predicted molar refractivity (Wildman–Crippen MR) is 68.9 cm³/mol. The summed E-state index contributed by atoms with van der Waals surface area (Å²) >= 11 is 8.73. The number of hydrogen-bond acceptors (Lipinski definition) is 1. The van der Waals surface area contributed by atoms with Gasteiger partial charge in [0.2, 0.25) is 0 Å². The van der Waals surface area contributed by atoms with Crippen molar-refractivity contribution in [1.82, 2.24) is 0 Å². The molecule has 0 aliphatic heterocycles. The van der Waals surface area contributed by atoms with Gasteiger partial charge in [-0.25, -0.2) is 8.78 Å². The Bertz CT molecular complexity index is 628. The lowest BCUT2D eigenvalue weighted by molar-refractivity contribution is 0.103. The molecule has 0 radical (unpaired) electrons. The lowest BCUT2D eigenvalue weighted by atomic mass is 10.0. The van der Waals surface area contributed by atoms with E-state index < -0.39 is 17.4 Å². The van der Waals surface area contributed by atoms with E-state index in [9.17, 15) is 13.6 Å². The molecule has 0 aliphatic rings. The number of rotatable bonds is 2. The van der Waals surface area contributed by atoms with Crippen molar-refractivity contribution in [3.63, 3.8) is 0 Å². The summed E-state index contributed by atoms with van der Waals surface area (Å²) in [5.74, 6) is -1.89. The zero-order chi connectivity index (χ0) is 13.3. The second-order valence-corrected chi connectivity index (χ2v) is 4.87. The Hall–Kier alpha value is -1.26. The maximum atomic E-state index is 13.6. The zero-order valence-electron chi connectivity index (χ0n) is 8.88. The van der Waals surface area contributed by atoms with Crippen LogP contribution in [0.3, 0.4) is 0 Å². The van der Waals surface area contributed by atoms with Crippen LogP contribution in [-0.4, -0.2) is 5.78 Å². The van der Waals surface area contributed by atoms with Crippen LogP contribution in [0.15, 0.2) is 40.9 Å². The van der Waals surface area contributed by atoms with Gasteiger partial charge in [0.15, 0.2) is 5.78 Å². The second-order valence-electron chi connectivity index (χ2n) is 3.58. The van der Waals surface area contributed by atoms with E-state index in [0.717, 1.165) is 12.1 Å². The van der Waals surface area contributed by atoms with Crippen molar-refractivity contribution in [2.24, 2.45) is 0 Å². The molecule has 92 valence electrons. The van der Waals surface area contributed by atoms with Gasteiger partial charge in [-0.05, 0) is 36.4 Å². The van der Waals surface area contributed by atoms with Gasteiger partial charge in [-0.2, -0.15) is 0 Å². The molecule has 2 aromatic rings. The van der Waals surface area contributed by atoms with Gasteiger partial charge in [0.05, 0.1) is 5.56 Å². The first-order valence-electron chi connectivity index (χ1n) is 4.94. The zero-order valence-corrected chi connectivity index (χ0v) is 11.2. The van der Waals surface area contributed by atoms with E-state index in [1.165, 1.54) is 24.3 Å². The molecule has 0 aliphatic carbocycles. The molecule has 2 aromatic carbocycles. The molecule has 0 aromatic heterocycles. The molecular weight excluding hydrogens is 325 g/mol. The Labute approximate surface area is 116 Å². The van der Waals surface area contributed by atoms with Crippen LogP contribution in [0.25, 0.3) is 0 Å². The fourth-order valence-corrected chi connectivity index (χ4v) is 2.08. The van der Waals surface area contributed by atoms with E-state index in [4.69, 9.17) is 11.6 Å². The highest BCUT2D eigenvalue weighted by Crippen LogP contribution is 2.23. The van der Waals surface area contributed by atoms with Crippen molar-refractivity contribution in [3.05, 3.63) is 68.7 Å². The molecule has 0 heterocycles. The average molecular weight is 332 g/mol. The molecule has 2 rings (SSSR count). The van der Waals surface area contributed by atoms with Gasteiger partial charge in [-0.3, -0.25) is 4.79 Å². The van der Waals surface area contributed by atoms with Gasteiger partial charge in [0.25, 0.3) is 0 Å². The monoisotopic (exact) mass is 330 g/mol. The van der Waals surface area contributed by atoms with Crippen LogP contribution in [0.4, 0.5) is 8.78 Å². The van der Waals surface area contributed by atoms with Crippen LogP contribution in [-0.2, 0) is 0 Å². The van der Waals surface area contributed by atoms with Crippen LogP contribution in [0.1, 0.15) is 15.9 Å². The number of carbonyl (C=O) groups is 1. The van der Waals surface area contributed by atoms with Crippen molar-refractivity contribution in [2.75, 3.05) is 0 Å². The average Bonchev–Trinajstić information content (AvgIpc) is 2.31. The summed E-state index contributed by atoms with van der Waals surface area (Å²) in [6, 6.07) is 7.39. The molecule has 0 saturated heterocycles. The number of benzene rings is 2. The van der Waals surface area contributed by atoms with Gasteiger partial charge < -0.3 is 0 Å². The first-order chi connectivity index (χ1) is 8.49. The first-order valence-corrected chi connectivity index (χ1v) is 6.11. The summed E-state index contributed by atoms with van der Waals surface area (Å²) in [4.78, 5) is 12.1. The minimum Gasteiger partial charge on any atom is -0.288 e. The lowest BCUT2D eigenvalue weighted by Gasteiger charge is -2.05. The molecule has 0 spiro atoms. The molecule has 0 unspecified atom stereocenters. The number of halogens is 4. The Kier molecular flexibility index (Phi) is 3.78. The van der Waals surface area contributed by atoms with Crippen molar-refractivity contribution in [2.45, 2.75) is 0 Å². The van der Waals surface area contributed by atoms with Crippen molar-refractivity contribution in [1.29, 1.82) is 0 Å². The molecule has 0 bridgehead atoms. The van der Waals surface area contributed by atoms with Crippen molar-refractivity contribution < 1.29 is 13.6 Å². The molecular formula is C13H6BrClF2O. The minimum atomic E-state index is -0.733. The second kappa shape index (κ2) is 5.16. The highest BCUT2D eigenvalue weighted by molar-refractivity contribution is 9.10. The van der Waals surface area contributed by atoms with Gasteiger partial charge in [-0.1, -0.05) is 27.5 Å². The Morgan fingerprint density at radius 3 is 2.44 bits per heavy atom. The summed E-state index contributed by atoms with van der Waals surface area (Å²) in [6.07, 6.45) is 0. The van der Waals surface area contributed by atoms with Crippen molar-refractivity contribution in [3.8, 4) is 0 Å².